The molecule has 0 amide bonds. The Morgan fingerprint density at radius 2 is 1.84 bits per heavy atom. The number of hydrogen-bond acceptors (Lipinski definition) is 3. The normalized spacial score (nSPS) is 18.3. The smallest absolute Gasteiger partial charge is 0.0956 e. The second kappa shape index (κ2) is 4.75. The molecule has 0 saturated carbocycles. The third-order valence-corrected chi connectivity index (χ3v) is 5.27. The second-order valence-electron chi connectivity index (χ2n) is 5.54. The fourth-order valence-corrected chi connectivity index (χ4v) is 4.08. The summed E-state index contributed by atoms with van der Waals surface area (Å²) < 4.78 is 0. The average Bonchev–Trinajstić information content (AvgIpc) is 3.01. The lowest BCUT2D eigenvalue weighted by Crippen LogP contribution is -2.37. The number of aryl methyl sites for hydroxylation is 1. The van der Waals surface area contributed by atoms with Crippen molar-refractivity contribution >= 4 is 11.3 Å². The van der Waals surface area contributed by atoms with Gasteiger partial charge >= 0.3 is 0 Å². The van der Waals surface area contributed by atoms with Crippen molar-refractivity contribution in [2.45, 2.75) is 25.9 Å². The Hall–Kier alpha value is -1.16. The van der Waals surface area contributed by atoms with Gasteiger partial charge in [0.2, 0.25) is 0 Å². The number of aliphatic hydroxyl groups excluding tert-OH is 1. The molecule has 0 radical (unpaired) electrons. The summed E-state index contributed by atoms with van der Waals surface area (Å²) >= 11 is 1.67. The largest absolute Gasteiger partial charge is 0.387 e. The van der Waals surface area contributed by atoms with E-state index >= 15 is 0 Å². The first-order valence-electron chi connectivity index (χ1n) is 6.66. The molecule has 2 nitrogen and oxygen atoms in total. The molecule has 3 rings (SSSR count). The van der Waals surface area contributed by atoms with Crippen molar-refractivity contribution in [3.63, 3.8) is 0 Å². The van der Waals surface area contributed by atoms with Crippen LogP contribution in [0.25, 0.3) is 0 Å². The van der Waals surface area contributed by atoms with E-state index in [4.69, 9.17) is 5.73 Å². The number of aliphatic hydroxyl groups is 1. The van der Waals surface area contributed by atoms with E-state index < -0.39 is 6.10 Å². The summed E-state index contributed by atoms with van der Waals surface area (Å²) in [4.78, 5) is 2.27. The Labute approximate surface area is 117 Å². The first kappa shape index (κ1) is 12.9. The number of hydrogen-bond donors (Lipinski definition) is 2. The Morgan fingerprint density at radius 3 is 2.32 bits per heavy atom. The molecule has 1 heterocycles. The highest BCUT2D eigenvalue weighted by Crippen LogP contribution is 2.46. The van der Waals surface area contributed by atoms with Crippen LogP contribution < -0.4 is 5.73 Å². The number of fused-ring (bicyclic) bond motifs is 1. The van der Waals surface area contributed by atoms with Crippen LogP contribution in [-0.2, 0) is 12.8 Å². The van der Waals surface area contributed by atoms with E-state index in [1.807, 2.05) is 6.07 Å². The molecule has 1 unspecified atom stereocenters. The van der Waals surface area contributed by atoms with Gasteiger partial charge in [0, 0.05) is 21.7 Å². The maximum Gasteiger partial charge on any atom is 0.0956 e. The van der Waals surface area contributed by atoms with Crippen molar-refractivity contribution in [3.05, 3.63) is 57.3 Å². The van der Waals surface area contributed by atoms with Gasteiger partial charge in [-0.05, 0) is 43.0 Å². The maximum absolute atomic E-state index is 10.8. The molecule has 3 N–H and O–H groups in total. The molecule has 2 aromatic rings. The quantitative estimate of drug-likeness (QED) is 0.903. The molecular weight excluding hydrogens is 254 g/mol. The van der Waals surface area contributed by atoms with Gasteiger partial charge in [0.15, 0.2) is 0 Å². The van der Waals surface area contributed by atoms with Crippen LogP contribution in [0.15, 0.2) is 36.4 Å². The van der Waals surface area contributed by atoms with Crippen LogP contribution >= 0.6 is 11.3 Å². The van der Waals surface area contributed by atoms with Crippen LogP contribution in [0.3, 0.4) is 0 Å². The molecule has 0 fully saturated rings. The third-order valence-electron chi connectivity index (χ3n) is 4.22. The van der Waals surface area contributed by atoms with Gasteiger partial charge in [-0.1, -0.05) is 24.3 Å². The van der Waals surface area contributed by atoms with Gasteiger partial charge in [0.25, 0.3) is 0 Å². The first-order valence-corrected chi connectivity index (χ1v) is 7.47. The fraction of sp³-hybridized carbons (Fsp3) is 0.375. The topological polar surface area (TPSA) is 46.2 Å². The Morgan fingerprint density at radius 1 is 1.21 bits per heavy atom. The van der Waals surface area contributed by atoms with Crippen molar-refractivity contribution < 1.29 is 5.11 Å². The highest BCUT2D eigenvalue weighted by atomic mass is 32.1. The molecule has 1 atom stereocenters. The van der Waals surface area contributed by atoms with Crippen molar-refractivity contribution in [3.8, 4) is 0 Å². The number of thiophene rings is 1. The molecule has 1 aliphatic rings. The molecule has 1 aliphatic carbocycles. The maximum atomic E-state index is 10.8. The van der Waals surface area contributed by atoms with E-state index in [9.17, 15) is 5.11 Å². The van der Waals surface area contributed by atoms with Crippen molar-refractivity contribution in [2.24, 2.45) is 11.1 Å². The van der Waals surface area contributed by atoms with Crippen LogP contribution in [-0.4, -0.2) is 11.7 Å². The molecule has 100 valence electrons. The molecular formula is C16H19NOS. The van der Waals surface area contributed by atoms with Crippen LogP contribution in [0.4, 0.5) is 0 Å². The predicted octanol–water partition coefficient (Wildman–Crippen LogP) is 2.83. The highest BCUT2D eigenvalue weighted by molar-refractivity contribution is 7.12. The lowest BCUT2D eigenvalue weighted by molar-refractivity contribution is 0.0387. The van der Waals surface area contributed by atoms with Crippen LogP contribution in [0.1, 0.15) is 27.0 Å². The minimum Gasteiger partial charge on any atom is -0.387 e. The lowest BCUT2D eigenvalue weighted by Gasteiger charge is -2.32. The predicted molar refractivity (Wildman–Crippen MR) is 79.4 cm³/mol. The van der Waals surface area contributed by atoms with Crippen LogP contribution in [0.5, 0.6) is 0 Å². The minimum atomic E-state index is -0.469. The first-order chi connectivity index (χ1) is 9.14. The highest BCUT2D eigenvalue weighted by Gasteiger charge is 2.43. The zero-order valence-corrected chi connectivity index (χ0v) is 11.9. The van der Waals surface area contributed by atoms with E-state index in [1.54, 1.807) is 11.3 Å². The van der Waals surface area contributed by atoms with Gasteiger partial charge < -0.3 is 10.8 Å². The zero-order chi connectivity index (χ0) is 13.5. The van der Waals surface area contributed by atoms with Gasteiger partial charge in [-0.2, -0.15) is 0 Å². The molecule has 1 aromatic heterocycles. The summed E-state index contributed by atoms with van der Waals surface area (Å²) in [5.41, 5.74) is 8.47. The van der Waals surface area contributed by atoms with E-state index in [0.717, 1.165) is 17.7 Å². The fourth-order valence-electron chi connectivity index (χ4n) is 3.07. The monoisotopic (exact) mass is 273 g/mol. The molecule has 1 aromatic carbocycles. The summed E-state index contributed by atoms with van der Waals surface area (Å²) in [6.07, 6.45) is 1.28. The standard InChI is InChI=1S/C16H19NOS/c1-11-6-7-14(19-11)15(18)16(10-17)8-12-4-2-3-5-13(12)9-16/h2-7,15,18H,8-10,17H2,1H3. The van der Waals surface area contributed by atoms with E-state index in [1.165, 1.54) is 16.0 Å². The van der Waals surface area contributed by atoms with Gasteiger partial charge in [0.05, 0.1) is 6.10 Å². The summed E-state index contributed by atoms with van der Waals surface area (Å²) in [6, 6.07) is 12.5. The van der Waals surface area contributed by atoms with E-state index in [2.05, 4.69) is 37.3 Å². The second-order valence-corrected chi connectivity index (χ2v) is 6.86. The van der Waals surface area contributed by atoms with Gasteiger partial charge in [0.1, 0.15) is 0 Å². The summed E-state index contributed by atoms with van der Waals surface area (Å²) in [7, 11) is 0. The van der Waals surface area contributed by atoms with Crippen LogP contribution in [0, 0.1) is 12.3 Å². The molecule has 0 bridgehead atoms. The summed E-state index contributed by atoms with van der Waals surface area (Å²) in [5.74, 6) is 0. The molecule has 0 spiro atoms. The molecule has 3 heteroatoms. The van der Waals surface area contributed by atoms with Crippen molar-refractivity contribution in [2.75, 3.05) is 6.54 Å². The summed E-state index contributed by atoms with van der Waals surface area (Å²) in [6.45, 7) is 2.58. The van der Waals surface area contributed by atoms with Gasteiger partial charge in [-0.3, -0.25) is 0 Å². The lowest BCUT2D eigenvalue weighted by atomic mass is 9.78. The summed E-state index contributed by atoms with van der Waals surface area (Å²) in [5, 5.41) is 10.8. The minimum absolute atomic E-state index is 0.235. The molecule has 0 saturated heterocycles. The van der Waals surface area contributed by atoms with Crippen LogP contribution in [0.2, 0.25) is 0 Å². The van der Waals surface area contributed by atoms with E-state index in [-0.39, 0.29) is 5.41 Å². The zero-order valence-electron chi connectivity index (χ0n) is 11.1. The number of rotatable bonds is 3. The molecule has 0 aliphatic heterocycles. The SMILES string of the molecule is Cc1ccc(C(O)C2(CN)Cc3ccccc3C2)s1. The van der Waals surface area contributed by atoms with Crippen molar-refractivity contribution in [1.29, 1.82) is 0 Å². The van der Waals surface area contributed by atoms with Crippen molar-refractivity contribution in [1.82, 2.24) is 0 Å². The molecule has 19 heavy (non-hydrogen) atoms. The van der Waals surface area contributed by atoms with E-state index in [0.29, 0.717) is 6.54 Å². The average molecular weight is 273 g/mol. The Bertz CT molecular complexity index is 565. The Kier molecular flexibility index (Phi) is 3.21. The number of nitrogens with two attached hydrogens (primary N) is 1. The van der Waals surface area contributed by atoms with Gasteiger partial charge in [-0.25, -0.2) is 0 Å². The third kappa shape index (κ3) is 2.12. The van der Waals surface area contributed by atoms with Gasteiger partial charge in [-0.15, -0.1) is 11.3 Å². The number of benzene rings is 1. The Balaban J connectivity index is 1.94.